The summed E-state index contributed by atoms with van der Waals surface area (Å²) in [7, 11) is 2.19. The molecule has 1 atom stereocenters. The summed E-state index contributed by atoms with van der Waals surface area (Å²) in [5.41, 5.74) is 0. The van der Waals surface area contributed by atoms with Gasteiger partial charge in [0.15, 0.2) is 0 Å². The Kier molecular flexibility index (Phi) is 4.38. The molecule has 0 fully saturated rings. The molecule has 22 heavy (non-hydrogen) atoms. The van der Waals surface area contributed by atoms with Crippen LogP contribution in [0.2, 0.25) is 0 Å². The van der Waals surface area contributed by atoms with E-state index in [9.17, 15) is 0 Å². The highest BCUT2D eigenvalue weighted by atomic mass is 15.3. The Morgan fingerprint density at radius 3 is 2.68 bits per heavy atom. The number of nitrogens with zero attached hydrogens (tertiary/aromatic N) is 6. The largest absolute Gasteiger partial charge is 0.333 e. The Balaban J connectivity index is 1.83. The highest BCUT2D eigenvalue weighted by Gasteiger charge is 2.25. The molecule has 1 aliphatic heterocycles. The third kappa shape index (κ3) is 3.27. The fourth-order valence-corrected chi connectivity index (χ4v) is 2.88. The molecule has 0 N–H and O–H groups in total. The summed E-state index contributed by atoms with van der Waals surface area (Å²) in [5, 5.41) is 0. The molecule has 0 radical (unpaired) electrons. The van der Waals surface area contributed by atoms with E-state index in [1.54, 1.807) is 12.4 Å². The van der Waals surface area contributed by atoms with E-state index in [1.807, 2.05) is 12.3 Å². The molecule has 2 aromatic rings. The second-order valence-corrected chi connectivity index (χ2v) is 6.32. The molecule has 118 valence electrons. The van der Waals surface area contributed by atoms with Crippen LogP contribution in [0, 0.1) is 5.92 Å². The summed E-state index contributed by atoms with van der Waals surface area (Å²) in [4.78, 5) is 18.0. The first-order valence-electron chi connectivity index (χ1n) is 7.85. The predicted molar refractivity (Wildman–Crippen MR) is 86.6 cm³/mol. The van der Waals surface area contributed by atoms with E-state index >= 15 is 0 Å². The molecule has 1 aliphatic rings. The molecule has 3 rings (SSSR count). The molecule has 6 heteroatoms. The van der Waals surface area contributed by atoms with Crippen molar-refractivity contribution in [1.82, 2.24) is 24.4 Å². The van der Waals surface area contributed by atoms with Gasteiger partial charge in [0.2, 0.25) is 5.95 Å². The molecule has 2 aromatic heterocycles. The maximum Gasteiger partial charge on any atom is 0.225 e. The van der Waals surface area contributed by atoms with Gasteiger partial charge in [0.05, 0.1) is 6.54 Å². The van der Waals surface area contributed by atoms with Gasteiger partial charge in [-0.3, -0.25) is 0 Å². The van der Waals surface area contributed by atoms with Crippen LogP contribution < -0.4 is 4.90 Å². The lowest BCUT2D eigenvalue weighted by atomic mass is 10.1. The lowest BCUT2D eigenvalue weighted by Gasteiger charge is -2.29. The highest BCUT2D eigenvalue weighted by molar-refractivity contribution is 5.29. The van der Waals surface area contributed by atoms with Crippen molar-refractivity contribution in [2.24, 2.45) is 5.92 Å². The standard InChI is InChI=1S/C16H24N6/c1-13(2)20(3)9-14-10-21-8-7-17-15(21)12-22(11-14)16-18-5-4-6-19-16/h4-8,13-14H,9-12H2,1-3H3/t14-/m1/s1. The minimum absolute atomic E-state index is 0.520. The van der Waals surface area contributed by atoms with Crippen molar-refractivity contribution in [3.63, 3.8) is 0 Å². The van der Waals surface area contributed by atoms with Crippen LogP contribution in [0.3, 0.4) is 0 Å². The van der Waals surface area contributed by atoms with Crippen molar-refractivity contribution in [2.45, 2.75) is 33.0 Å². The zero-order valence-corrected chi connectivity index (χ0v) is 13.6. The van der Waals surface area contributed by atoms with Gasteiger partial charge in [-0.2, -0.15) is 0 Å². The van der Waals surface area contributed by atoms with E-state index in [0.29, 0.717) is 12.0 Å². The number of hydrogen-bond acceptors (Lipinski definition) is 5. The van der Waals surface area contributed by atoms with Crippen LogP contribution in [-0.2, 0) is 13.1 Å². The first kappa shape index (κ1) is 15.0. The smallest absolute Gasteiger partial charge is 0.225 e. The van der Waals surface area contributed by atoms with E-state index in [-0.39, 0.29) is 0 Å². The third-order valence-corrected chi connectivity index (χ3v) is 4.33. The molecular formula is C16H24N6. The fourth-order valence-electron chi connectivity index (χ4n) is 2.88. The van der Waals surface area contributed by atoms with Crippen LogP contribution in [0.4, 0.5) is 5.95 Å². The number of imidazole rings is 1. The number of rotatable bonds is 4. The Hall–Kier alpha value is -1.95. The Bertz CT molecular complexity index is 594. The molecule has 0 aliphatic carbocycles. The molecule has 3 heterocycles. The van der Waals surface area contributed by atoms with Gasteiger partial charge in [-0.25, -0.2) is 15.0 Å². The molecule has 0 saturated carbocycles. The van der Waals surface area contributed by atoms with Crippen LogP contribution in [0.25, 0.3) is 0 Å². The first-order valence-corrected chi connectivity index (χ1v) is 7.85. The third-order valence-electron chi connectivity index (χ3n) is 4.33. The minimum Gasteiger partial charge on any atom is -0.333 e. The molecule has 0 unspecified atom stereocenters. The minimum atomic E-state index is 0.520. The average Bonchev–Trinajstić information content (AvgIpc) is 2.87. The molecule has 0 amide bonds. The van der Waals surface area contributed by atoms with Crippen molar-refractivity contribution in [3.05, 3.63) is 36.7 Å². The Morgan fingerprint density at radius 2 is 1.95 bits per heavy atom. The van der Waals surface area contributed by atoms with Crippen LogP contribution >= 0.6 is 0 Å². The van der Waals surface area contributed by atoms with Crippen molar-refractivity contribution in [2.75, 3.05) is 25.0 Å². The highest BCUT2D eigenvalue weighted by Crippen LogP contribution is 2.20. The summed E-state index contributed by atoms with van der Waals surface area (Å²) in [5.74, 6) is 2.39. The lowest BCUT2D eigenvalue weighted by molar-refractivity contribution is 0.221. The summed E-state index contributed by atoms with van der Waals surface area (Å²) < 4.78 is 2.27. The van der Waals surface area contributed by atoms with Gasteiger partial charge in [-0.1, -0.05) is 0 Å². The van der Waals surface area contributed by atoms with Crippen molar-refractivity contribution in [1.29, 1.82) is 0 Å². The molecule has 0 aromatic carbocycles. The lowest BCUT2D eigenvalue weighted by Crippen LogP contribution is -2.38. The van der Waals surface area contributed by atoms with Gasteiger partial charge >= 0.3 is 0 Å². The first-order chi connectivity index (χ1) is 10.6. The van der Waals surface area contributed by atoms with Gasteiger partial charge in [0, 0.05) is 56.4 Å². The van der Waals surface area contributed by atoms with E-state index < -0.39 is 0 Å². The van der Waals surface area contributed by atoms with Gasteiger partial charge in [-0.15, -0.1) is 0 Å². The maximum atomic E-state index is 4.49. The van der Waals surface area contributed by atoms with Gasteiger partial charge in [-0.05, 0) is 27.0 Å². The zero-order valence-electron chi connectivity index (χ0n) is 13.6. The van der Waals surface area contributed by atoms with E-state index in [2.05, 4.69) is 56.4 Å². The number of fused-ring (bicyclic) bond motifs is 1. The number of aromatic nitrogens is 4. The van der Waals surface area contributed by atoms with E-state index in [4.69, 9.17) is 0 Å². The van der Waals surface area contributed by atoms with Crippen LogP contribution in [0.5, 0.6) is 0 Å². The van der Waals surface area contributed by atoms with E-state index in [1.165, 1.54) is 0 Å². The van der Waals surface area contributed by atoms with Crippen molar-refractivity contribution >= 4 is 5.95 Å². The van der Waals surface area contributed by atoms with Crippen LogP contribution in [0.15, 0.2) is 30.9 Å². The molecule has 6 nitrogen and oxygen atoms in total. The van der Waals surface area contributed by atoms with Crippen LogP contribution in [0.1, 0.15) is 19.7 Å². The second-order valence-electron chi connectivity index (χ2n) is 6.32. The maximum absolute atomic E-state index is 4.49. The SMILES string of the molecule is CC(C)N(C)C[C@H]1CN(c2ncccn2)Cc2nccn2C1. The molecule has 0 spiro atoms. The number of hydrogen-bond donors (Lipinski definition) is 0. The van der Waals surface area contributed by atoms with Crippen molar-refractivity contribution in [3.8, 4) is 0 Å². The van der Waals surface area contributed by atoms with Crippen LogP contribution in [-0.4, -0.2) is 50.6 Å². The monoisotopic (exact) mass is 300 g/mol. The van der Waals surface area contributed by atoms with Gasteiger partial charge in [0.25, 0.3) is 0 Å². The normalized spacial score (nSPS) is 18.6. The van der Waals surface area contributed by atoms with E-state index in [0.717, 1.165) is 38.0 Å². The molecule has 0 saturated heterocycles. The second kappa shape index (κ2) is 6.44. The summed E-state index contributed by atoms with van der Waals surface area (Å²) >= 11 is 0. The fraction of sp³-hybridized carbons (Fsp3) is 0.562. The van der Waals surface area contributed by atoms with Crippen molar-refractivity contribution < 1.29 is 0 Å². The quantitative estimate of drug-likeness (QED) is 0.859. The number of anilines is 1. The predicted octanol–water partition coefficient (Wildman–Crippen LogP) is 1.65. The summed E-state index contributed by atoms with van der Waals surface area (Å²) in [6.45, 7) is 8.23. The molecule has 0 bridgehead atoms. The molecular weight excluding hydrogens is 276 g/mol. The zero-order chi connectivity index (χ0) is 15.5. The Labute approximate surface area is 131 Å². The summed E-state index contributed by atoms with van der Waals surface area (Å²) in [6.07, 6.45) is 7.56. The topological polar surface area (TPSA) is 50.1 Å². The van der Waals surface area contributed by atoms with Gasteiger partial charge in [0.1, 0.15) is 5.82 Å². The average molecular weight is 300 g/mol. The Morgan fingerprint density at radius 1 is 1.18 bits per heavy atom. The summed E-state index contributed by atoms with van der Waals surface area (Å²) in [6, 6.07) is 2.40. The van der Waals surface area contributed by atoms with Gasteiger partial charge < -0.3 is 14.4 Å².